The predicted octanol–water partition coefficient (Wildman–Crippen LogP) is -0.590. The maximum atomic E-state index is 9.49. The quantitative estimate of drug-likeness (QED) is 0.581. The Morgan fingerprint density at radius 3 is 1.93 bits per heavy atom. The summed E-state index contributed by atoms with van der Waals surface area (Å²) < 4.78 is 0. The number of aliphatic carboxylic acids is 1. The number of carboxylic acids is 1. The first-order valence-corrected chi connectivity index (χ1v) is 4.81. The van der Waals surface area contributed by atoms with Gasteiger partial charge in [0.1, 0.15) is 0 Å². The summed E-state index contributed by atoms with van der Waals surface area (Å²) in [6.45, 7) is 11.1. The lowest BCUT2D eigenvalue weighted by Gasteiger charge is -2.06. The van der Waals surface area contributed by atoms with Crippen molar-refractivity contribution < 1.29 is 14.8 Å². The number of likely N-dealkylation sites (N-methyl/N-ethyl adjacent to an activating group) is 1. The molecule has 0 amide bonds. The molecule has 0 aliphatic carbocycles. The van der Waals surface area contributed by atoms with Gasteiger partial charge in [0.15, 0.2) is 0 Å². The summed E-state index contributed by atoms with van der Waals surface area (Å²) in [5.74, 6) is -0.961. The number of carbonyl (C=O) groups excluding carboxylic acids is 1. The first kappa shape index (κ1) is 15.4. The first-order valence-electron chi connectivity index (χ1n) is 4.81. The van der Waals surface area contributed by atoms with E-state index in [0.29, 0.717) is 6.42 Å². The third-order valence-electron chi connectivity index (χ3n) is 1.44. The SMILES string of the molecule is C=CC[NH+](C)CC=C.CCCC(=O)[O-]. The molecular weight excluding hydrogens is 178 g/mol. The fourth-order valence-corrected chi connectivity index (χ4v) is 0.780. The van der Waals surface area contributed by atoms with Gasteiger partial charge < -0.3 is 14.8 Å². The van der Waals surface area contributed by atoms with Crippen LogP contribution in [0.4, 0.5) is 0 Å². The van der Waals surface area contributed by atoms with E-state index >= 15 is 0 Å². The van der Waals surface area contributed by atoms with Crippen molar-refractivity contribution in [2.24, 2.45) is 0 Å². The van der Waals surface area contributed by atoms with Crippen molar-refractivity contribution in [1.82, 2.24) is 0 Å². The summed E-state index contributed by atoms with van der Waals surface area (Å²) in [6, 6.07) is 0. The highest BCUT2D eigenvalue weighted by molar-refractivity contribution is 5.63. The topological polar surface area (TPSA) is 44.6 Å². The Bertz CT molecular complexity index is 157. The smallest absolute Gasteiger partial charge is 0.0955 e. The van der Waals surface area contributed by atoms with E-state index in [-0.39, 0.29) is 6.42 Å². The van der Waals surface area contributed by atoms with Crippen LogP contribution in [0.1, 0.15) is 19.8 Å². The van der Waals surface area contributed by atoms with E-state index in [2.05, 4.69) is 20.2 Å². The highest BCUT2D eigenvalue weighted by Gasteiger charge is 1.89. The predicted molar refractivity (Wildman–Crippen MR) is 56.9 cm³/mol. The molecule has 0 aromatic carbocycles. The standard InChI is InChI=1S/C7H13N.C4H8O2/c1-4-6-8(3)7-5-2;1-2-3-4(5)6/h4-5H,1-2,6-7H2,3H3;2-3H2,1H3,(H,5,6). The van der Waals surface area contributed by atoms with Gasteiger partial charge in [0.25, 0.3) is 0 Å². The molecule has 82 valence electrons. The van der Waals surface area contributed by atoms with Gasteiger partial charge in [-0.1, -0.05) is 26.5 Å². The number of hydrogen-bond acceptors (Lipinski definition) is 2. The van der Waals surface area contributed by atoms with E-state index < -0.39 is 5.97 Å². The van der Waals surface area contributed by atoms with Crippen molar-refractivity contribution >= 4 is 5.97 Å². The molecular formula is C11H21NO2. The van der Waals surface area contributed by atoms with Gasteiger partial charge >= 0.3 is 0 Å². The average Bonchev–Trinajstić information content (AvgIpc) is 2.05. The molecule has 0 spiro atoms. The molecule has 1 N–H and O–H groups in total. The van der Waals surface area contributed by atoms with Gasteiger partial charge in [-0.05, 0) is 18.6 Å². The second-order valence-corrected chi connectivity index (χ2v) is 3.06. The number of rotatable bonds is 6. The van der Waals surface area contributed by atoms with Crippen molar-refractivity contribution in [1.29, 1.82) is 0 Å². The van der Waals surface area contributed by atoms with Crippen LogP contribution in [-0.4, -0.2) is 26.1 Å². The van der Waals surface area contributed by atoms with Crippen molar-refractivity contribution in [3.05, 3.63) is 25.3 Å². The van der Waals surface area contributed by atoms with Crippen LogP contribution < -0.4 is 10.0 Å². The minimum atomic E-state index is -0.961. The molecule has 0 radical (unpaired) electrons. The molecule has 0 heterocycles. The second-order valence-electron chi connectivity index (χ2n) is 3.06. The Morgan fingerprint density at radius 2 is 1.79 bits per heavy atom. The first-order chi connectivity index (χ1) is 6.58. The van der Waals surface area contributed by atoms with Crippen molar-refractivity contribution in [2.75, 3.05) is 20.1 Å². The lowest BCUT2D eigenvalue weighted by molar-refractivity contribution is -0.866. The highest BCUT2D eigenvalue weighted by atomic mass is 16.4. The van der Waals surface area contributed by atoms with Crippen molar-refractivity contribution in [3.63, 3.8) is 0 Å². The zero-order valence-corrected chi connectivity index (χ0v) is 9.21. The van der Waals surface area contributed by atoms with E-state index in [0.717, 1.165) is 13.1 Å². The molecule has 0 aliphatic heterocycles. The zero-order chi connectivity index (χ0) is 11.4. The lowest BCUT2D eigenvalue weighted by Crippen LogP contribution is -3.08. The Balaban J connectivity index is 0. The molecule has 3 heteroatoms. The van der Waals surface area contributed by atoms with Crippen molar-refractivity contribution in [2.45, 2.75) is 19.8 Å². The fourth-order valence-electron chi connectivity index (χ4n) is 0.780. The van der Waals surface area contributed by atoms with E-state index in [1.165, 1.54) is 4.90 Å². The molecule has 0 saturated carbocycles. The molecule has 0 unspecified atom stereocenters. The number of quaternary nitrogens is 1. The van der Waals surface area contributed by atoms with Gasteiger partial charge in [-0.2, -0.15) is 0 Å². The van der Waals surface area contributed by atoms with Crippen LogP contribution in [0.2, 0.25) is 0 Å². The van der Waals surface area contributed by atoms with Crippen LogP contribution in [0.25, 0.3) is 0 Å². The van der Waals surface area contributed by atoms with Gasteiger partial charge in [-0.25, -0.2) is 0 Å². The van der Waals surface area contributed by atoms with Crippen LogP contribution in [-0.2, 0) is 4.79 Å². The van der Waals surface area contributed by atoms with Crippen LogP contribution in [0.3, 0.4) is 0 Å². The molecule has 0 aromatic heterocycles. The van der Waals surface area contributed by atoms with E-state index in [4.69, 9.17) is 0 Å². The van der Waals surface area contributed by atoms with Gasteiger partial charge in [-0.15, -0.1) is 0 Å². The molecule has 0 atom stereocenters. The van der Waals surface area contributed by atoms with Crippen molar-refractivity contribution in [3.8, 4) is 0 Å². The number of carboxylic acid groups (broad SMARTS) is 1. The summed E-state index contributed by atoms with van der Waals surface area (Å²) in [5, 5.41) is 9.49. The van der Waals surface area contributed by atoms with Gasteiger partial charge in [0.2, 0.25) is 0 Å². The van der Waals surface area contributed by atoms with Crippen LogP contribution in [0.15, 0.2) is 25.3 Å². The van der Waals surface area contributed by atoms with Crippen LogP contribution in [0.5, 0.6) is 0 Å². The Morgan fingerprint density at radius 1 is 1.36 bits per heavy atom. The molecule has 14 heavy (non-hydrogen) atoms. The summed E-state index contributed by atoms with van der Waals surface area (Å²) in [7, 11) is 2.11. The summed E-state index contributed by atoms with van der Waals surface area (Å²) in [6.07, 6.45) is 4.68. The summed E-state index contributed by atoms with van der Waals surface area (Å²) >= 11 is 0. The molecule has 0 bridgehead atoms. The molecule has 0 aliphatic rings. The average molecular weight is 199 g/mol. The fraction of sp³-hybridized carbons (Fsp3) is 0.545. The molecule has 3 nitrogen and oxygen atoms in total. The van der Waals surface area contributed by atoms with Gasteiger partial charge in [-0.3, -0.25) is 0 Å². The Labute approximate surface area is 86.7 Å². The minimum absolute atomic E-state index is 0.181. The minimum Gasteiger partial charge on any atom is -0.550 e. The van der Waals surface area contributed by atoms with Gasteiger partial charge in [0, 0.05) is 5.97 Å². The maximum absolute atomic E-state index is 9.49. The van der Waals surface area contributed by atoms with Gasteiger partial charge in [0.05, 0.1) is 20.1 Å². The Hall–Kier alpha value is -1.09. The molecule has 0 saturated heterocycles. The zero-order valence-electron chi connectivity index (χ0n) is 9.21. The number of carbonyl (C=O) groups is 1. The number of hydrogen-bond donors (Lipinski definition) is 1. The summed E-state index contributed by atoms with van der Waals surface area (Å²) in [4.78, 5) is 10.9. The largest absolute Gasteiger partial charge is 0.550 e. The monoisotopic (exact) mass is 199 g/mol. The molecule has 0 rings (SSSR count). The van der Waals surface area contributed by atoms with E-state index in [1.54, 1.807) is 6.92 Å². The molecule has 0 aromatic rings. The molecule has 0 fully saturated rings. The van der Waals surface area contributed by atoms with E-state index in [9.17, 15) is 9.90 Å². The van der Waals surface area contributed by atoms with E-state index in [1.807, 2.05) is 12.2 Å². The lowest BCUT2D eigenvalue weighted by atomic mass is 10.4. The highest BCUT2D eigenvalue weighted by Crippen LogP contribution is 1.79. The summed E-state index contributed by atoms with van der Waals surface area (Å²) in [5.41, 5.74) is 0. The maximum Gasteiger partial charge on any atom is 0.0955 e. The third-order valence-corrected chi connectivity index (χ3v) is 1.44. The Kier molecular flexibility index (Phi) is 13.1. The van der Waals surface area contributed by atoms with Crippen LogP contribution >= 0.6 is 0 Å². The van der Waals surface area contributed by atoms with Crippen LogP contribution in [0, 0.1) is 0 Å². The normalized spacial score (nSPS) is 8.79. The number of nitrogens with one attached hydrogen (secondary N) is 1. The third kappa shape index (κ3) is 17.1. The second kappa shape index (κ2) is 11.9.